The van der Waals surface area contributed by atoms with Gasteiger partial charge in [-0.15, -0.1) is 24.0 Å². The van der Waals surface area contributed by atoms with Crippen molar-refractivity contribution in [1.82, 2.24) is 25.3 Å². The highest BCUT2D eigenvalue weighted by Gasteiger charge is 2.31. The Hall–Kier alpha value is -0.840. The average Bonchev–Trinajstić information content (AvgIpc) is 3.40. The molecular weight excluding hydrogens is 455 g/mol. The number of hydrogen-bond acceptors (Lipinski definition) is 5. The third kappa shape index (κ3) is 5.16. The number of furan rings is 1. The van der Waals surface area contributed by atoms with Gasteiger partial charge < -0.3 is 15.1 Å². The van der Waals surface area contributed by atoms with Crippen molar-refractivity contribution in [2.45, 2.75) is 24.9 Å². The lowest BCUT2D eigenvalue weighted by atomic mass is 10.1. The molecule has 1 aromatic heterocycles. The molecule has 4 aliphatic rings. The van der Waals surface area contributed by atoms with Gasteiger partial charge in [-0.25, -0.2) is 0 Å². The van der Waals surface area contributed by atoms with Crippen LogP contribution in [-0.4, -0.2) is 92.7 Å². The molecule has 0 amide bonds. The van der Waals surface area contributed by atoms with Crippen LogP contribution in [0.2, 0.25) is 0 Å². The van der Waals surface area contributed by atoms with Crippen LogP contribution in [0.3, 0.4) is 0 Å². The molecule has 1 aromatic rings. The van der Waals surface area contributed by atoms with Crippen molar-refractivity contribution < 1.29 is 4.42 Å². The Morgan fingerprint density at radius 2 is 1.96 bits per heavy atom. The number of fused-ring (bicyclic) bond motifs is 3. The summed E-state index contributed by atoms with van der Waals surface area (Å²) in [6, 6.07) is 4.93. The van der Waals surface area contributed by atoms with Crippen LogP contribution >= 0.6 is 24.0 Å². The fraction of sp³-hybridized carbons (Fsp3) is 0.737. The van der Waals surface area contributed by atoms with E-state index in [4.69, 9.17) is 4.42 Å². The molecule has 5 rings (SSSR count). The lowest BCUT2D eigenvalue weighted by Crippen LogP contribution is -2.63. The van der Waals surface area contributed by atoms with E-state index in [1.165, 1.54) is 45.6 Å². The Labute approximate surface area is 179 Å². The average molecular weight is 488 g/mol. The maximum Gasteiger partial charge on any atom is 0.191 e. The summed E-state index contributed by atoms with van der Waals surface area (Å²) < 4.78 is 5.71. The molecule has 4 fully saturated rings. The van der Waals surface area contributed by atoms with Crippen LogP contribution in [0.5, 0.6) is 0 Å². The number of rotatable bonds is 6. The molecule has 152 valence electrons. The zero-order valence-corrected chi connectivity index (χ0v) is 18.6. The minimum atomic E-state index is 0. The van der Waals surface area contributed by atoms with Crippen LogP contribution in [0.4, 0.5) is 0 Å². The van der Waals surface area contributed by atoms with Crippen molar-refractivity contribution in [2.75, 3.05) is 66.0 Å². The van der Waals surface area contributed by atoms with Gasteiger partial charge in [0, 0.05) is 58.9 Å². The first-order chi connectivity index (χ1) is 12.8. The number of guanidine groups is 1. The lowest BCUT2D eigenvalue weighted by Gasteiger charge is -2.47. The molecule has 0 spiro atoms. The molecule has 0 aliphatic carbocycles. The molecule has 4 aliphatic heterocycles. The van der Waals surface area contributed by atoms with E-state index in [9.17, 15) is 0 Å². The highest BCUT2D eigenvalue weighted by atomic mass is 127. The Morgan fingerprint density at radius 3 is 2.56 bits per heavy atom. The summed E-state index contributed by atoms with van der Waals surface area (Å²) in [6.45, 7) is 10.1. The first kappa shape index (κ1) is 20.9. The van der Waals surface area contributed by atoms with E-state index in [0.717, 1.165) is 37.9 Å². The Balaban J connectivity index is 0.00000210. The fourth-order valence-electron chi connectivity index (χ4n) is 4.49. The van der Waals surface area contributed by atoms with Crippen molar-refractivity contribution >= 4 is 29.9 Å². The summed E-state index contributed by atoms with van der Waals surface area (Å²) in [7, 11) is 1.85. The van der Waals surface area contributed by atoms with Gasteiger partial charge in [-0.05, 0) is 38.1 Å². The quantitative estimate of drug-likeness (QED) is 0.357. The molecule has 4 saturated heterocycles. The van der Waals surface area contributed by atoms with E-state index in [-0.39, 0.29) is 30.0 Å². The molecule has 0 radical (unpaired) electrons. The molecular formula is C19H33IN6O. The monoisotopic (exact) mass is 488 g/mol. The van der Waals surface area contributed by atoms with Crippen LogP contribution in [0.1, 0.15) is 24.6 Å². The van der Waals surface area contributed by atoms with Gasteiger partial charge in [0.25, 0.3) is 0 Å². The Bertz CT molecular complexity index is 581. The van der Waals surface area contributed by atoms with E-state index in [1.807, 2.05) is 13.1 Å². The van der Waals surface area contributed by atoms with Crippen LogP contribution in [0, 0.1) is 0 Å². The number of halogens is 1. The minimum absolute atomic E-state index is 0. The summed E-state index contributed by atoms with van der Waals surface area (Å²) in [6.07, 6.45) is 4.32. The Kier molecular flexibility index (Phi) is 7.80. The Morgan fingerprint density at radius 1 is 1.19 bits per heavy atom. The summed E-state index contributed by atoms with van der Waals surface area (Å²) >= 11 is 0. The molecule has 2 unspecified atom stereocenters. The van der Waals surface area contributed by atoms with Crippen molar-refractivity contribution in [1.29, 1.82) is 0 Å². The zero-order valence-electron chi connectivity index (χ0n) is 16.3. The van der Waals surface area contributed by atoms with E-state index >= 15 is 0 Å². The fourth-order valence-corrected chi connectivity index (χ4v) is 4.49. The van der Waals surface area contributed by atoms with Crippen LogP contribution in [-0.2, 0) is 0 Å². The summed E-state index contributed by atoms with van der Waals surface area (Å²) in [5.41, 5.74) is 0. The van der Waals surface area contributed by atoms with E-state index in [2.05, 4.69) is 36.4 Å². The second-order valence-electron chi connectivity index (χ2n) is 7.60. The number of nitrogens with one attached hydrogen (secondary N) is 2. The zero-order chi connectivity index (χ0) is 17.8. The van der Waals surface area contributed by atoms with Gasteiger partial charge in [-0.1, -0.05) is 0 Å². The molecule has 2 atom stereocenters. The number of piperazine rings is 3. The third-order valence-electron chi connectivity index (χ3n) is 6.04. The molecule has 2 bridgehead atoms. The maximum absolute atomic E-state index is 5.71. The van der Waals surface area contributed by atoms with Crippen molar-refractivity contribution in [3.8, 4) is 0 Å². The molecule has 8 heteroatoms. The smallest absolute Gasteiger partial charge is 0.191 e. The topological polar surface area (TPSA) is 59.3 Å². The van der Waals surface area contributed by atoms with Crippen LogP contribution in [0.15, 0.2) is 27.8 Å². The minimum Gasteiger partial charge on any atom is -0.468 e. The van der Waals surface area contributed by atoms with Crippen LogP contribution < -0.4 is 10.6 Å². The SMILES string of the molecule is CN=C(NCC1CN2CCN1CC2)NCC(c1ccco1)N1CCCC1.I. The van der Waals surface area contributed by atoms with E-state index in [1.54, 1.807) is 6.26 Å². The van der Waals surface area contributed by atoms with Gasteiger partial charge in [-0.2, -0.15) is 0 Å². The summed E-state index contributed by atoms with van der Waals surface area (Å²) in [4.78, 5) is 12.1. The predicted octanol–water partition coefficient (Wildman–Crippen LogP) is 1.20. The van der Waals surface area contributed by atoms with E-state index < -0.39 is 0 Å². The number of nitrogens with zero attached hydrogens (tertiary/aromatic N) is 4. The first-order valence-corrected chi connectivity index (χ1v) is 10.0. The standard InChI is InChI=1S/C19H32N6O.HI/c1-20-19(21-13-16-15-23-8-10-24(16)11-9-23)22-14-17(18-5-4-12-26-18)25-6-2-3-7-25;/h4-5,12,16-17H,2-3,6-11,13-15H2,1H3,(H2,20,21,22);1H. The molecule has 0 aromatic carbocycles. The molecule has 5 heterocycles. The highest BCUT2D eigenvalue weighted by molar-refractivity contribution is 14.0. The van der Waals surface area contributed by atoms with Gasteiger partial charge in [0.2, 0.25) is 0 Å². The maximum atomic E-state index is 5.71. The predicted molar refractivity (Wildman–Crippen MR) is 119 cm³/mol. The summed E-state index contributed by atoms with van der Waals surface area (Å²) in [5.74, 6) is 1.93. The second kappa shape index (κ2) is 10.1. The van der Waals surface area contributed by atoms with Gasteiger partial charge in [0.1, 0.15) is 5.76 Å². The number of hydrogen-bond donors (Lipinski definition) is 2. The van der Waals surface area contributed by atoms with Gasteiger partial charge >= 0.3 is 0 Å². The van der Waals surface area contributed by atoms with Crippen molar-refractivity contribution in [2.24, 2.45) is 4.99 Å². The van der Waals surface area contributed by atoms with Gasteiger partial charge in [0.05, 0.1) is 12.3 Å². The first-order valence-electron chi connectivity index (χ1n) is 10.0. The van der Waals surface area contributed by atoms with Crippen molar-refractivity contribution in [3.05, 3.63) is 24.2 Å². The van der Waals surface area contributed by atoms with E-state index in [0.29, 0.717) is 6.04 Å². The molecule has 27 heavy (non-hydrogen) atoms. The number of likely N-dealkylation sites (tertiary alicyclic amines) is 1. The van der Waals surface area contributed by atoms with Gasteiger partial charge in [0.15, 0.2) is 5.96 Å². The molecule has 7 nitrogen and oxygen atoms in total. The third-order valence-corrected chi connectivity index (χ3v) is 6.04. The second-order valence-corrected chi connectivity index (χ2v) is 7.60. The van der Waals surface area contributed by atoms with Crippen molar-refractivity contribution in [3.63, 3.8) is 0 Å². The van der Waals surface area contributed by atoms with Gasteiger partial charge in [-0.3, -0.25) is 19.7 Å². The normalized spacial score (nSPS) is 29.4. The molecule has 2 N–H and O–H groups in total. The lowest BCUT2D eigenvalue weighted by molar-refractivity contribution is 0.0154. The largest absolute Gasteiger partial charge is 0.468 e. The number of aliphatic imine (C=N–C) groups is 1. The molecule has 0 saturated carbocycles. The highest BCUT2D eigenvalue weighted by Crippen LogP contribution is 2.24. The van der Waals surface area contributed by atoms with Crippen LogP contribution in [0.25, 0.3) is 0 Å². The summed E-state index contributed by atoms with van der Waals surface area (Å²) in [5, 5.41) is 7.06.